The summed E-state index contributed by atoms with van der Waals surface area (Å²) in [5, 5.41) is 8.29. The standard InChI is InChI=1S/C20H21N3O3S/c1-3-12-21-19(25)16-10-5-6-11-17(16)22-20(27)23-18(24)14-8-7-9-15(13-14)26-4-2/h3,5-11,13H,1,4,12H2,2H3,(H,21,25)(H2,22,23,24,27). The number of benzene rings is 2. The summed E-state index contributed by atoms with van der Waals surface area (Å²) in [5.74, 6) is -0.0348. The van der Waals surface area contributed by atoms with Gasteiger partial charge in [-0.05, 0) is 49.5 Å². The highest BCUT2D eigenvalue weighted by atomic mass is 32.1. The molecule has 0 aliphatic rings. The van der Waals surface area contributed by atoms with Gasteiger partial charge in [0.05, 0.1) is 17.9 Å². The molecule has 2 aromatic carbocycles. The van der Waals surface area contributed by atoms with Crippen molar-refractivity contribution in [2.45, 2.75) is 6.92 Å². The van der Waals surface area contributed by atoms with E-state index in [0.717, 1.165) is 0 Å². The summed E-state index contributed by atoms with van der Waals surface area (Å²) in [6.45, 7) is 6.30. The zero-order chi connectivity index (χ0) is 19.6. The van der Waals surface area contributed by atoms with Crippen molar-refractivity contribution in [2.24, 2.45) is 0 Å². The molecule has 2 amide bonds. The zero-order valence-corrected chi connectivity index (χ0v) is 15.8. The lowest BCUT2D eigenvalue weighted by Crippen LogP contribution is -2.35. The number of rotatable bonds is 7. The van der Waals surface area contributed by atoms with Gasteiger partial charge in [-0.2, -0.15) is 0 Å². The molecule has 0 heterocycles. The van der Waals surface area contributed by atoms with Crippen molar-refractivity contribution in [3.8, 4) is 5.75 Å². The van der Waals surface area contributed by atoms with E-state index in [9.17, 15) is 9.59 Å². The van der Waals surface area contributed by atoms with E-state index in [-0.39, 0.29) is 16.9 Å². The predicted octanol–water partition coefficient (Wildman–Crippen LogP) is 3.13. The van der Waals surface area contributed by atoms with Crippen molar-refractivity contribution in [3.63, 3.8) is 0 Å². The minimum Gasteiger partial charge on any atom is -0.494 e. The summed E-state index contributed by atoms with van der Waals surface area (Å²) in [7, 11) is 0. The Kier molecular flexibility index (Phi) is 7.51. The number of para-hydroxylation sites is 1. The number of carbonyl (C=O) groups is 2. The number of amides is 2. The van der Waals surface area contributed by atoms with Gasteiger partial charge in [-0.15, -0.1) is 6.58 Å². The molecule has 0 aliphatic carbocycles. The smallest absolute Gasteiger partial charge is 0.257 e. The van der Waals surface area contributed by atoms with E-state index in [2.05, 4.69) is 22.5 Å². The summed E-state index contributed by atoms with van der Waals surface area (Å²) in [4.78, 5) is 24.6. The molecule has 140 valence electrons. The Bertz CT molecular complexity index is 852. The van der Waals surface area contributed by atoms with Gasteiger partial charge in [0.2, 0.25) is 0 Å². The first-order chi connectivity index (χ1) is 13.0. The van der Waals surface area contributed by atoms with Crippen LogP contribution in [0.15, 0.2) is 61.2 Å². The van der Waals surface area contributed by atoms with Gasteiger partial charge in [0.1, 0.15) is 5.75 Å². The van der Waals surface area contributed by atoms with Gasteiger partial charge in [0.15, 0.2) is 5.11 Å². The molecule has 27 heavy (non-hydrogen) atoms. The summed E-state index contributed by atoms with van der Waals surface area (Å²) in [6, 6.07) is 13.7. The van der Waals surface area contributed by atoms with Crippen molar-refractivity contribution in [1.82, 2.24) is 10.6 Å². The molecule has 6 nitrogen and oxygen atoms in total. The van der Waals surface area contributed by atoms with Crippen molar-refractivity contribution in [2.75, 3.05) is 18.5 Å². The first-order valence-electron chi connectivity index (χ1n) is 8.38. The van der Waals surface area contributed by atoms with Crippen LogP contribution in [0, 0.1) is 0 Å². The molecule has 0 bridgehead atoms. The van der Waals surface area contributed by atoms with Gasteiger partial charge in [-0.3, -0.25) is 14.9 Å². The summed E-state index contributed by atoms with van der Waals surface area (Å²) < 4.78 is 5.39. The molecule has 0 atom stereocenters. The molecule has 0 radical (unpaired) electrons. The Balaban J connectivity index is 2.05. The summed E-state index contributed by atoms with van der Waals surface area (Å²) in [6.07, 6.45) is 1.59. The van der Waals surface area contributed by atoms with Crippen LogP contribution in [-0.4, -0.2) is 30.1 Å². The molecule has 0 aromatic heterocycles. The molecule has 2 aromatic rings. The maximum atomic E-state index is 12.4. The fourth-order valence-electron chi connectivity index (χ4n) is 2.27. The molecule has 2 rings (SSSR count). The summed E-state index contributed by atoms with van der Waals surface area (Å²) >= 11 is 5.21. The first kappa shape index (κ1) is 20.1. The monoisotopic (exact) mass is 383 g/mol. The molecular formula is C20H21N3O3S. The van der Waals surface area contributed by atoms with Crippen LogP contribution in [0.5, 0.6) is 5.75 Å². The van der Waals surface area contributed by atoms with Crippen LogP contribution in [0.3, 0.4) is 0 Å². The number of hydrogen-bond acceptors (Lipinski definition) is 4. The number of hydrogen-bond donors (Lipinski definition) is 3. The number of ether oxygens (including phenoxy) is 1. The highest BCUT2D eigenvalue weighted by molar-refractivity contribution is 7.80. The third-order valence-electron chi connectivity index (χ3n) is 3.46. The average Bonchev–Trinajstić information content (AvgIpc) is 2.67. The van der Waals surface area contributed by atoms with E-state index >= 15 is 0 Å². The van der Waals surface area contributed by atoms with E-state index in [1.165, 1.54) is 0 Å². The second kappa shape index (κ2) is 10.1. The molecule has 0 saturated carbocycles. The average molecular weight is 383 g/mol. The lowest BCUT2D eigenvalue weighted by Gasteiger charge is -2.13. The largest absolute Gasteiger partial charge is 0.494 e. The molecule has 3 N–H and O–H groups in total. The van der Waals surface area contributed by atoms with Crippen LogP contribution in [0.1, 0.15) is 27.6 Å². The lowest BCUT2D eigenvalue weighted by molar-refractivity contribution is 0.0956. The van der Waals surface area contributed by atoms with E-state index in [1.54, 1.807) is 54.6 Å². The predicted molar refractivity (Wildman–Crippen MR) is 110 cm³/mol. The maximum Gasteiger partial charge on any atom is 0.257 e. The van der Waals surface area contributed by atoms with Crippen LogP contribution < -0.4 is 20.7 Å². The van der Waals surface area contributed by atoms with Crippen molar-refractivity contribution >= 4 is 34.8 Å². The van der Waals surface area contributed by atoms with E-state index in [4.69, 9.17) is 17.0 Å². The third kappa shape index (κ3) is 5.93. The van der Waals surface area contributed by atoms with Crippen LogP contribution in [-0.2, 0) is 0 Å². The van der Waals surface area contributed by atoms with Crippen molar-refractivity contribution in [1.29, 1.82) is 0 Å². The molecule has 0 aliphatic heterocycles. The van der Waals surface area contributed by atoms with Crippen LogP contribution in [0.2, 0.25) is 0 Å². The molecule has 0 saturated heterocycles. The highest BCUT2D eigenvalue weighted by Gasteiger charge is 2.13. The first-order valence-corrected chi connectivity index (χ1v) is 8.79. The Morgan fingerprint density at radius 3 is 2.67 bits per heavy atom. The van der Waals surface area contributed by atoms with Gasteiger partial charge < -0.3 is 15.4 Å². The third-order valence-corrected chi connectivity index (χ3v) is 3.67. The normalized spacial score (nSPS) is 9.81. The Morgan fingerprint density at radius 1 is 1.15 bits per heavy atom. The fraction of sp³-hybridized carbons (Fsp3) is 0.150. The van der Waals surface area contributed by atoms with Crippen molar-refractivity contribution < 1.29 is 14.3 Å². The van der Waals surface area contributed by atoms with Crippen molar-refractivity contribution in [3.05, 3.63) is 72.3 Å². The van der Waals surface area contributed by atoms with E-state index in [1.807, 2.05) is 6.92 Å². The highest BCUT2D eigenvalue weighted by Crippen LogP contribution is 2.16. The quantitative estimate of drug-likeness (QED) is 0.506. The maximum absolute atomic E-state index is 12.4. The Labute approximate surface area is 163 Å². The topological polar surface area (TPSA) is 79.5 Å². The zero-order valence-electron chi connectivity index (χ0n) is 15.0. The fourth-order valence-corrected chi connectivity index (χ4v) is 2.48. The second-order valence-corrected chi connectivity index (χ2v) is 5.82. The molecule has 0 spiro atoms. The lowest BCUT2D eigenvalue weighted by atomic mass is 10.1. The van der Waals surface area contributed by atoms with Gasteiger partial charge in [0, 0.05) is 12.1 Å². The number of carbonyl (C=O) groups excluding carboxylic acids is 2. The minimum absolute atomic E-state index is 0.0887. The SMILES string of the molecule is C=CCNC(=O)c1ccccc1NC(=S)NC(=O)c1cccc(OCC)c1. The van der Waals surface area contributed by atoms with Gasteiger partial charge in [-0.25, -0.2) is 0 Å². The Hall–Kier alpha value is -3.19. The van der Waals surface area contributed by atoms with Crippen LogP contribution >= 0.6 is 12.2 Å². The Morgan fingerprint density at radius 2 is 1.93 bits per heavy atom. The number of anilines is 1. The molecule has 0 fully saturated rings. The van der Waals surface area contributed by atoms with Gasteiger partial charge >= 0.3 is 0 Å². The van der Waals surface area contributed by atoms with Crippen LogP contribution in [0.25, 0.3) is 0 Å². The molecule has 7 heteroatoms. The minimum atomic E-state index is -0.373. The van der Waals surface area contributed by atoms with E-state index in [0.29, 0.717) is 35.7 Å². The van der Waals surface area contributed by atoms with Gasteiger partial charge in [-0.1, -0.05) is 24.3 Å². The molecule has 0 unspecified atom stereocenters. The second-order valence-electron chi connectivity index (χ2n) is 5.41. The number of thiocarbonyl (C=S) groups is 1. The van der Waals surface area contributed by atoms with E-state index < -0.39 is 0 Å². The number of nitrogens with one attached hydrogen (secondary N) is 3. The molecular weight excluding hydrogens is 362 g/mol. The van der Waals surface area contributed by atoms with Crippen LogP contribution in [0.4, 0.5) is 5.69 Å². The van der Waals surface area contributed by atoms with Gasteiger partial charge in [0.25, 0.3) is 11.8 Å². The summed E-state index contributed by atoms with van der Waals surface area (Å²) in [5.41, 5.74) is 1.32.